The molecule has 0 fully saturated rings. The molecule has 0 radical (unpaired) electrons. The fourth-order valence-corrected chi connectivity index (χ4v) is 9.76. The first kappa shape index (κ1) is 19.7. The Kier molecular flexibility index (Phi) is 5.72. The maximum atomic E-state index is 13.1. The third-order valence-electron chi connectivity index (χ3n) is 4.66. The zero-order valence-corrected chi connectivity index (χ0v) is 18.6. The van der Waals surface area contributed by atoms with Gasteiger partial charge in [0.05, 0.1) is 0 Å². The van der Waals surface area contributed by atoms with Gasteiger partial charge in [0.2, 0.25) is 0 Å². The second kappa shape index (κ2) is 8.42. The molecular weight excluding hydrogens is 445 g/mol. The molecular formula is C24H21NO2SSe. The topological polar surface area (TPSA) is 46.5 Å². The Morgan fingerprint density at radius 1 is 0.759 bits per heavy atom. The predicted molar refractivity (Wildman–Crippen MR) is 120 cm³/mol. The molecule has 0 amide bonds. The van der Waals surface area contributed by atoms with E-state index in [0.29, 0.717) is 5.32 Å². The van der Waals surface area contributed by atoms with Crippen LogP contribution in [0.4, 0.5) is 0 Å². The summed E-state index contributed by atoms with van der Waals surface area (Å²) in [5.41, 5.74) is 2.13. The summed E-state index contributed by atoms with van der Waals surface area (Å²) in [5, 5.41) is 2.83. The SMILES string of the molecule is Cc1ccc(S(=O)(=O)/N=[Se](/Cc2ccccc2)c2cccc3ccccc23)cc1. The van der Waals surface area contributed by atoms with E-state index in [2.05, 4.69) is 21.6 Å². The van der Waals surface area contributed by atoms with Crippen LogP contribution in [0.3, 0.4) is 0 Å². The number of aryl methyl sites for hydroxylation is 1. The first-order chi connectivity index (χ1) is 14.0. The zero-order valence-electron chi connectivity index (χ0n) is 16.0. The van der Waals surface area contributed by atoms with Crippen LogP contribution in [0.15, 0.2) is 105 Å². The summed E-state index contributed by atoms with van der Waals surface area (Å²) in [7, 11) is -3.73. The van der Waals surface area contributed by atoms with E-state index < -0.39 is 23.7 Å². The molecule has 0 saturated heterocycles. The van der Waals surface area contributed by atoms with Gasteiger partial charge in [-0.25, -0.2) is 0 Å². The molecule has 0 aliphatic rings. The van der Waals surface area contributed by atoms with E-state index >= 15 is 0 Å². The number of hydrogen-bond acceptors (Lipinski definition) is 2. The minimum absolute atomic E-state index is 0.255. The molecule has 1 atom stereocenters. The number of rotatable bonds is 5. The molecule has 0 heterocycles. The van der Waals surface area contributed by atoms with Gasteiger partial charge < -0.3 is 0 Å². The first-order valence-corrected chi connectivity index (χ1v) is 13.6. The Hall–Kier alpha value is -2.59. The summed E-state index contributed by atoms with van der Waals surface area (Å²) >= 11 is -2.07. The number of nitrogens with zero attached hydrogens (tertiary/aromatic N) is 1. The Morgan fingerprint density at radius 3 is 2.17 bits per heavy atom. The van der Waals surface area contributed by atoms with Crippen LogP contribution < -0.4 is 4.46 Å². The number of hydrogen-bond donors (Lipinski definition) is 0. The Morgan fingerprint density at radius 2 is 1.41 bits per heavy atom. The van der Waals surface area contributed by atoms with Crippen molar-refractivity contribution in [2.24, 2.45) is 3.37 Å². The summed E-state index contributed by atoms with van der Waals surface area (Å²) in [5.74, 6) is 0. The molecule has 0 spiro atoms. The van der Waals surface area contributed by atoms with Crippen molar-refractivity contribution in [3.8, 4) is 0 Å². The van der Waals surface area contributed by atoms with E-state index in [4.69, 9.17) is 0 Å². The van der Waals surface area contributed by atoms with E-state index in [0.717, 1.165) is 26.4 Å². The molecule has 1 unspecified atom stereocenters. The van der Waals surface area contributed by atoms with Crippen LogP contribution in [0, 0.1) is 6.92 Å². The second-order valence-corrected chi connectivity index (χ2v) is 12.4. The van der Waals surface area contributed by atoms with Gasteiger partial charge in [0.1, 0.15) is 0 Å². The van der Waals surface area contributed by atoms with E-state index in [9.17, 15) is 8.42 Å². The molecule has 3 nitrogen and oxygen atoms in total. The molecule has 0 aliphatic carbocycles. The molecule has 0 N–H and O–H groups in total. The number of sulfonamides is 1. The molecule has 146 valence electrons. The van der Waals surface area contributed by atoms with E-state index in [1.54, 1.807) is 12.1 Å². The second-order valence-electron chi connectivity index (χ2n) is 6.83. The predicted octanol–water partition coefficient (Wildman–Crippen LogP) is 4.79. The Bertz CT molecular complexity index is 1280. The minimum atomic E-state index is -3.73. The van der Waals surface area contributed by atoms with Gasteiger partial charge in [-0.15, -0.1) is 0 Å². The quantitative estimate of drug-likeness (QED) is 0.397. The van der Waals surface area contributed by atoms with Crippen molar-refractivity contribution in [1.29, 1.82) is 0 Å². The third-order valence-corrected chi connectivity index (χ3v) is 11.4. The molecule has 0 aliphatic heterocycles. The van der Waals surface area contributed by atoms with Gasteiger partial charge in [-0.3, -0.25) is 0 Å². The van der Waals surface area contributed by atoms with Crippen molar-refractivity contribution in [3.63, 3.8) is 0 Å². The maximum absolute atomic E-state index is 13.1. The normalized spacial score (nSPS) is 12.9. The van der Waals surface area contributed by atoms with Crippen LogP contribution in [0.2, 0.25) is 0 Å². The van der Waals surface area contributed by atoms with E-state index in [-0.39, 0.29) is 4.90 Å². The van der Waals surface area contributed by atoms with Crippen LogP contribution >= 0.6 is 0 Å². The van der Waals surface area contributed by atoms with Gasteiger partial charge >= 0.3 is 176 Å². The van der Waals surface area contributed by atoms with Gasteiger partial charge in [0, 0.05) is 0 Å². The molecule has 0 bridgehead atoms. The molecule has 5 heteroatoms. The summed E-state index contributed by atoms with van der Waals surface area (Å²) in [6, 6.07) is 31.1. The van der Waals surface area contributed by atoms with Crippen LogP contribution in [0.25, 0.3) is 10.8 Å². The van der Waals surface area contributed by atoms with Gasteiger partial charge in [-0.2, -0.15) is 0 Å². The third kappa shape index (κ3) is 4.54. The fourth-order valence-electron chi connectivity index (χ4n) is 3.15. The zero-order chi connectivity index (χ0) is 20.3. The van der Waals surface area contributed by atoms with Crippen LogP contribution in [0.5, 0.6) is 0 Å². The van der Waals surface area contributed by atoms with Gasteiger partial charge in [-0.1, -0.05) is 0 Å². The number of benzene rings is 4. The summed E-state index contributed by atoms with van der Waals surface area (Å²) in [6.45, 7) is 1.94. The molecule has 4 aromatic rings. The monoisotopic (exact) mass is 467 g/mol. The van der Waals surface area contributed by atoms with Crippen LogP contribution in [-0.2, 0) is 15.3 Å². The fraction of sp³-hybridized carbons (Fsp3) is 0.0833. The van der Waals surface area contributed by atoms with Crippen molar-refractivity contribution in [3.05, 3.63) is 108 Å². The first-order valence-electron chi connectivity index (χ1n) is 9.30. The Balaban J connectivity index is 1.88. The molecule has 4 aromatic carbocycles. The molecule has 0 aromatic heterocycles. The molecule has 29 heavy (non-hydrogen) atoms. The van der Waals surface area contributed by atoms with Crippen molar-refractivity contribution in [2.45, 2.75) is 17.1 Å². The van der Waals surface area contributed by atoms with Crippen LogP contribution in [-0.4, -0.2) is 22.1 Å². The summed E-state index contributed by atoms with van der Waals surface area (Å²) in [6.07, 6.45) is 0. The van der Waals surface area contributed by atoms with Crippen molar-refractivity contribution < 1.29 is 8.42 Å². The van der Waals surface area contributed by atoms with Gasteiger partial charge in [-0.05, 0) is 0 Å². The van der Waals surface area contributed by atoms with Crippen molar-refractivity contribution >= 4 is 39.0 Å². The number of fused-ring (bicyclic) bond motifs is 1. The average molecular weight is 466 g/mol. The van der Waals surface area contributed by atoms with Gasteiger partial charge in [0.25, 0.3) is 0 Å². The van der Waals surface area contributed by atoms with Gasteiger partial charge in [0.15, 0.2) is 0 Å². The van der Waals surface area contributed by atoms with E-state index in [1.165, 1.54) is 0 Å². The Labute approximate surface area is 175 Å². The van der Waals surface area contributed by atoms with Crippen LogP contribution in [0.1, 0.15) is 11.1 Å². The standard InChI is InChI=1S/C24H21NO2SSe/c1-19-14-16-22(17-15-19)28(26,27)25-29(18-20-8-3-2-4-9-20)24-13-7-11-21-10-5-6-12-23(21)24/h2-17H,18H2,1H3. The summed E-state index contributed by atoms with van der Waals surface area (Å²) in [4.78, 5) is 0.255. The van der Waals surface area contributed by atoms with Crippen molar-refractivity contribution in [1.82, 2.24) is 0 Å². The van der Waals surface area contributed by atoms with E-state index in [1.807, 2.05) is 73.7 Å². The summed E-state index contributed by atoms with van der Waals surface area (Å²) < 4.78 is 31.8. The average Bonchev–Trinajstić information content (AvgIpc) is 2.74. The molecule has 0 saturated carbocycles. The molecule has 4 rings (SSSR count). The van der Waals surface area contributed by atoms with Crippen molar-refractivity contribution in [2.75, 3.05) is 0 Å².